The molecule has 2 nitrogen and oxygen atoms in total. The number of nitrogens with zero attached hydrogens (tertiary/aromatic N) is 1. The van der Waals surface area contributed by atoms with Crippen molar-refractivity contribution in [1.29, 1.82) is 0 Å². The summed E-state index contributed by atoms with van der Waals surface area (Å²) in [5.41, 5.74) is 7.30. The van der Waals surface area contributed by atoms with Gasteiger partial charge >= 0.3 is 0 Å². The van der Waals surface area contributed by atoms with Crippen LogP contribution in [0.5, 0.6) is 0 Å². The molecule has 1 heterocycles. The molecular weight excluding hydrogens is 196 g/mol. The van der Waals surface area contributed by atoms with Crippen LogP contribution in [0.4, 0.5) is 0 Å². The zero-order chi connectivity index (χ0) is 11.4. The van der Waals surface area contributed by atoms with Crippen LogP contribution in [-0.4, -0.2) is 24.5 Å². The molecule has 0 unspecified atom stereocenters. The van der Waals surface area contributed by atoms with E-state index in [0.29, 0.717) is 6.04 Å². The van der Waals surface area contributed by atoms with E-state index >= 15 is 0 Å². The van der Waals surface area contributed by atoms with Crippen LogP contribution < -0.4 is 5.73 Å². The van der Waals surface area contributed by atoms with Crippen LogP contribution in [0.2, 0.25) is 0 Å². The highest BCUT2D eigenvalue weighted by atomic mass is 15.2. The molecule has 0 aromatic heterocycles. The molecule has 0 aliphatic carbocycles. The highest BCUT2D eigenvalue weighted by Crippen LogP contribution is 2.25. The molecule has 2 heteroatoms. The zero-order valence-corrected chi connectivity index (χ0v) is 10.1. The number of hydrogen-bond acceptors (Lipinski definition) is 2. The summed E-state index contributed by atoms with van der Waals surface area (Å²) in [6.45, 7) is 5.44. The minimum atomic E-state index is 0.406. The summed E-state index contributed by atoms with van der Waals surface area (Å²) in [5.74, 6) is 0.812. The second kappa shape index (κ2) is 5.46. The Balaban J connectivity index is 2.10. The van der Waals surface area contributed by atoms with Crippen molar-refractivity contribution in [2.75, 3.05) is 19.6 Å². The number of rotatable bonds is 3. The largest absolute Gasteiger partial charge is 0.329 e. The fourth-order valence-corrected chi connectivity index (χ4v) is 2.68. The number of likely N-dealkylation sites (tertiary alicyclic amines) is 1. The molecule has 1 saturated heterocycles. The van der Waals surface area contributed by atoms with Crippen molar-refractivity contribution in [3.8, 4) is 0 Å². The van der Waals surface area contributed by atoms with Gasteiger partial charge in [0.1, 0.15) is 0 Å². The number of nitrogens with two attached hydrogens (primary N) is 1. The van der Waals surface area contributed by atoms with Crippen molar-refractivity contribution in [3.05, 3.63) is 35.9 Å². The van der Waals surface area contributed by atoms with Crippen LogP contribution in [0.25, 0.3) is 0 Å². The van der Waals surface area contributed by atoms with Crippen molar-refractivity contribution in [2.24, 2.45) is 11.7 Å². The van der Waals surface area contributed by atoms with Crippen molar-refractivity contribution in [3.63, 3.8) is 0 Å². The van der Waals surface area contributed by atoms with Crippen LogP contribution in [0.15, 0.2) is 30.3 Å². The summed E-state index contributed by atoms with van der Waals surface area (Å²) < 4.78 is 0. The first-order valence-corrected chi connectivity index (χ1v) is 6.30. The predicted molar refractivity (Wildman–Crippen MR) is 68.2 cm³/mol. The van der Waals surface area contributed by atoms with Gasteiger partial charge < -0.3 is 5.73 Å². The third kappa shape index (κ3) is 2.63. The Morgan fingerprint density at radius 2 is 2.12 bits per heavy atom. The number of hydrogen-bond donors (Lipinski definition) is 1. The lowest BCUT2D eigenvalue weighted by molar-refractivity contribution is 0.133. The van der Waals surface area contributed by atoms with Crippen molar-refractivity contribution >= 4 is 0 Å². The third-order valence-electron chi connectivity index (χ3n) is 3.54. The van der Waals surface area contributed by atoms with E-state index in [0.717, 1.165) is 12.5 Å². The van der Waals surface area contributed by atoms with Crippen molar-refractivity contribution < 1.29 is 0 Å². The second-order valence-electron chi connectivity index (χ2n) is 4.90. The molecule has 88 valence electrons. The summed E-state index contributed by atoms with van der Waals surface area (Å²) in [4.78, 5) is 2.55. The molecule has 1 fully saturated rings. The van der Waals surface area contributed by atoms with Crippen molar-refractivity contribution in [1.82, 2.24) is 4.90 Å². The molecule has 1 aromatic rings. The minimum Gasteiger partial charge on any atom is -0.329 e. The van der Waals surface area contributed by atoms with E-state index < -0.39 is 0 Å². The van der Waals surface area contributed by atoms with Crippen LogP contribution >= 0.6 is 0 Å². The average molecular weight is 218 g/mol. The zero-order valence-electron chi connectivity index (χ0n) is 10.1. The third-order valence-corrected chi connectivity index (χ3v) is 3.54. The van der Waals surface area contributed by atoms with E-state index in [4.69, 9.17) is 5.73 Å². The van der Waals surface area contributed by atoms with Gasteiger partial charge in [-0.25, -0.2) is 0 Å². The SMILES string of the molecule is C[C@H]1CCCN([C@@H](CN)c2ccccc2)C1. The van der Waals surface area contributed by atoms with E-state index in [1.54, 1.807) is 0 Å². The van der Waals surface area contributed by atoms with Gasteiger partial charge in [0, 0.05) is 19.1 Å². The molecule has 2 N–H and O–H groups in total. The molecule has 2 rings (SSSR count). The molecule has 1 aromatic carbocycles. The quantitative estimate of drug-likeness (QED) is 0.844. The van der Waals surface area contributed by atoms with Gasteiger partial charge in [-0.3, -0.25) is 4.90 Å². The number of piperidine rings is 1. The maximum absolute atomic E-state index is 5.94. The molecule has 0 bridgehead atoms. The Morgan fingerprint density at radius 3 is 2.75 bits per heavy atom. The van der Waals surface area contributed by atoms with Gasteiger partial charge in [0.15, 0.2) is 0 Å². The first-order chi connectivity index (χ1) is 7.81. The molecule has 16 heavy (non-hydrogen) atoms. The minimum absolute atomic E-state index is 0.406. The first-order valence-electron chi connectivity index (χ1n) is 6.30. The molecule has 1 aliphatic rings. The molecule has 2 atom stereocenters. The maximum Gasteiger partial charge on any atom is 0.0470 e. The van der Waals surface area contributed by atoms with Gasteiger partial charge in [-0.1, -0.05) is 37.3 Å². The smallest absolute Gasteiger partial charge is 0.0470 e. The topological polar surface area (TPSA) is 29.3 Å². The standard InChI is InChI=1S/C14H22N2/c1-12-6-5-9-16(11-12)14(10-15)13-7-3-2-4-8-13/h2-4,7-8,12,14H,5-6,9-11,15H2,1H3/t12-,14-/m0/s1. The van der Waals surface area contributed by atoms with Gasteiger partial charge in [0.05, 0.1) is 0 Å². The summed E-state index contributed by atoms with van der Waals surface area (Å²) in [7, 11) is 0. The Hall–Kier alpha value is -0.860. The maximum atomic E-state index is 5.94. The van der Waals surface area contributed by atoms with E-state index in [2.05, 4.69) is 42.2 Å². The van der Waals surface area contributed by atoms with E-state index in [1.807, 2.05) is 0 Å². The van der Waals surface area contributed by atoms with Gasteiger partial charge in [-0.05, 0) is 30.9 Å². The molecule has 0 radical (unpaired) electrons. The predicted octanol–water partition coefficient (Wildman–Crippen LogP) is 2.42. The number of benzene rings is 1. The van der Waals surface area contributed by atoms with Crippen LogP contribution in [-0.2, 0) is 0 Å². The molecule has 1 aliphatic heterocycles. The van der Waals surface area contributed by atoms with E-state index in [-0.39, 0.29) is 0 Å². The Labute approximate surface area is 98.4 Å². The summed E-state index contributed by atoms with van der Waals surface area (Å²) in [5, 5.41) is 0. The van der Waals surface area contributed by atoms with Crippen molar-refractivity contribution in [2.45, 2.75) is 25.8 Å². The van der Waals surface area contributed by atoms with Crippen LogP contribution in [0.1, 0.15) is 31.4 Å². The fourth-order valence-electron chi connectivity index (χ4n) is 2.68. The van der Waals surface area contributed by atoms with E-state index in [9.17, 15) is 0 Å². The van der Waals surface area contributed by atoms with Crippen LogP contribution in [0, 0.1) is 5.92 Å². The van der Waals surface area contributed by atoms with Gasteiger partial charge in [-0.15, -0.1) is 0 Å². The highest BCUT2D eigenvalue weighted by molar-refractivity contribution is 5.19. The Morgan fingerprint density at radius 1 is 1.38 bits per heavy atom. The monoisotopic (exact) mass is 218 g/mol. The Bertz CT molecular complexity index is 310. The molecule has 0 saturated carbocycles. The van der Waals surface area contributed by atoms with Gasteiger partial charge in [-0.2, -0.15) is 0 Å². The molecular formula is C14H22N2. The van der Waals surface area contributed by atoms with Crippen LogP contribution in [0.3, 0.4) is 0 Å². The molecule has 0 spiro atoms. The first kappa shape index (κ1) is 11.6. The molecule has 0 amide bonds. The summed E-state index contributed by atoms with van der Waals surface area (Å²) in [6.07, 6.45) is 2.67. The van der Waals surface area contributed by atoms with Gasteiger partial charge in [0.2, 0.25) is 0 Å². The highest BCUT2D eigenvalue weighted by Gasteiger charge is 2.23. The fraction of sp³-hybridized carbons (Fsp3) is 0.571. The summed E-state index contributed by atoms with van der Waals surface area (Å²) >= 11 is 0. The van der Waals surface area contributed by atoms with Gasteiger partial charge in [0.25, 0.3) is 0 Å². The average Bonchev–Trinajstić information content (AvgIpc) is 2.31. The lowest BCUT2D eigenvalue weighted by Crippen LogP contribution is -2.40. The Kier molecular flexibility index (Phi) is 3.97. The van der Waals surface area contributed by atoms with E-state index in [1.165, 1.54) is 31.5 Å². The lowest BCUT2D eigenvalue weighted by Gasteiger charge is -2.37. The lowest BCUT2D eigenvalue weighted by atomic mass is 9.96. The normalized spacial score (nSPS) is 24.2. The second-order valence-corrected chi connectivity index (χ2v) is 4.90. The summed E-state index contributed by atoms with van der Waals surface area (Å²) in [6, 6.07) is 11.1.